The van der Waals surface area contributed by atoms with Gasteiger partial charge in [0.15, 0.2) is 0 Å². The van der Waals surface area contributed by atoms with Crippen LogP contribution in [0.3, 0.4) is 0 Å². The second-order valence-corrected chi connectivity index (χ2v) is 6.60. The molecule has 2 aliphatic rings. The van der Waals surface area contributed by atoms with Gasteiger partial charge in [-0.1, -0.05) is 0 Å². The SMILES string of the molecule is O=C(NC[C@H]([C@H]1CCOC1)N1CCOCC1)Nc1cc([N+](=O)[O-])ccc1F. The lowest BCUT2D eigenvalue weighted by Crippen LogP contribution is -2.52. The van der Waals surface area contributed by atoms with E-state index in [2.05, 4.69) is 15.5 Å². The van der Waals surface area contributed by atoms with Gasteiger partial charge < -0.3 is 20.1 Å². The quantitative estimate of drug-likeness (QED) is 0.572. The van der Waals surface area contributed by atoms with Crippen LogP contribution in [0, 0.1) is 21.8 Å². The molecular formula is C17H23FN4O5. The van der Waals surface area contributed by atoms with Crippen LogP contribution in [-0.4, -0.2) is 68.0 Å². The molecule has 0 aliphatic carbocycles. The molecule has 9 nitrogen and oxygen atoms in total. The summed E-state index contributed by atoms with van der Waals surface area (Å²) in [5.74, 6) is -0.428. The zero-order chi connectivity index (χ0) is 19.2. The van der Waals surface area contributed by atoms with Crippen molar-refractivity contribution in [2.24, 2.45) is 5.92 Å². The van der Waals surface area contributed by atoms with Crippen LogP contribution in [0.25, 0.3) is 0 Å². The van der Waals surface area contributed by atoms with Crippen LogP contribution in [0.1, 0.15) is 6.42 Å². The van der Waals surface area contributed by atoms with Crippen molar-refractivity contribution in [1.29, 1.82) is 0 Å². The Kier molecular flexibility index (Phi) is 6.54. The van der Waals surface area contributed by atoms with E-state index in [9.17, 15) is 19.3 Å². The first-order valence-corrected chi connectivity index (χ1v) is 8.93. The minimum absolute atomic E-state index is 0.0945. The molecule has 10 heteroatoms. The maximum atomic E-state index is 13.8. The highest BCUT2D eigenvalue weighted by Gasteiger charge is 2.31. The first-order valence-electron chi connectivity index (χ1n) is 8.93. The second kappa shape index (κ2) is 9.07. The number of carbonyl (C=O) groups is 1. The van der Waals surface area contributed by atoms with Crippen LogP contribution < -0.4 is 10.6 Å². The van der Waals surface area contributed by atoms with Crippen molar-refractivity contribution in [3.63, 3.8) is 0 Å². The number of urea groups is 1. The molecule has 2 N–H and O–H groups in total. The van der Waals surface area contributed by atoms with E-state index in [0.29, 0.717) is 38.9 Å². The number of benzene rings is 1. The maximum absolute atomic E-state index is 13.8. The van der Waals surface area contributed by atoms with Crippen LogP contribution >= 0.6 is 0 Å². The summed E-state index contributed by atoms with van der Waals surface area (Å²) in [6.07, 6.45) is 0.921. The first-order chi connectivity index (χ1) is 13.0. The van der Waals surface area contributed by atoms with E-state index in [1.54, 1.807) is 0 Å². The van der Waals surface area contributed by atoms with Gasteiger partial charge in [0.2, 0.25) is 0 Å². The summed E-state index contributed by atoms with van der Waals surface area (Å²) in [6, 6.07) is 2.50. The molecule has 2 saturated heterocycles. The van der Waals surface area contributed by atoms with Crippen LogP contribution in [0.15, 0.2) is 18.2 Å². The van der Waals surface area contributed by atoms with E-state index in [4.69, 9.17) is 9.47 Å². The van der Waals surface area contributed by atoms with Crippen LogP contribution in [0.4, 0.5) is 20.6 Å². The number of hydrogen-bond donors (Lipinski definition) is 2. The Hall–Kier alpha value is -2.30. The molecule has 0 saturated carbocycles. The summed E-state index contributed by atoms with van der Waals surface area (Å²) >= 11 is 0. The zero-order valence-electron chi connectivity index (χ0n) is 14.9. The summed E-state index contributed by atoms with van der Waals surface area (Å²) in [5.41, 5.74) is -0.519. The highest BCUT2D eigenvalue weighted by atomic mass is 19.1. The molecular weight excluding hydrogens is 359 g/mol. The van der Waals surface area contributed by atoms with E-state index in [-0.39, 0.29) is 17.4 Å². The third kappa shape index (κ3) is 5.12. The van der Waals surface area contributed by atoms with Gasteiger partial charge in [-0.25, -0.2) is 9.18 Å². The van der Waals surface area contributed by atoms with Crippen molar-refractivity contribution in [3.05, 3.63) is 34.1 Å². The summed E-state index contributed by atoms with van der Waals surface area (Å²) in [7, 11) is 0. The number of nitrogens with zero attached hydrogens (tertiary/aromatic N) is 2. The van der Waals surface area contributed by atoms with E-state index < -0.39 is 16.8 Å². The average molecular weight is 382 g/mol. The Balaban J connectivity index is 1.60. The fourth-order valence-electron chi connectivity index (χ4n) is 3.45. The fourth-order valence-corrected chi connectivity index (χ4v) is 3.45. The van der Waals surface area contributed by atoms with Crippen molar-refractivity contribution in [3.8, 4) is 0 Å². The molecule has 2 heterocycles. The van der Waals surface area contributed by atoms with E-state index >= 15 is 0 Å². The lowest BCUT2D eigenvalue weighted by Gasteiger charge is -2.37. The molecule has 2 fully saturated rings. The minimum atomic E-state index is -0.732. The number of nitrogens with one attached hydrogen (secondary N) is 2. The van der Waals surface area contributed by atoms with Crippen molar-refractivity contribution in [2.45, 2.75) is 12.5 Å². The third-order valence-electron chi connectivity index (χ3n) is 4.90. The number of nitro groups is 1. The van der Waals surface area contributed by atoms with Gasteiger partial charge in [0.05, 0.1) is 30.4 Å². The third-order valence-corrected chi connectivity index (χ3v) is 4.90. The van der Waals surface area contributed by atoms with Gasteiger partial charge in [0.25, 0.3) is 5.69 Å². The van der Waals surface area contributed by atoms with E-state index in [1.807, 2.05) is 0 Å². The number of halogens is 1. The lowest BCUT2D eigenvalue weighted by molar-refractivity contribution is -0.384. The van der Waals surface area contributed by atoms with Crippen LogP contribution in [0.2, 0.25) is 0 Å². The summed E-state index contributed by atoms with van der Waals surface area (Å²) in [4.78, 5) is 24.7. The molecule has 0 spiro atoms. The molecule has 2 aliphatic heterocycles. The first kappa shape index (κ1) is 19.5. The number of carbonyl (C=O) groups excluding carboxylic acids is 1. The van der Waals surface area contributed by atoms with Crippen LogP contribution in [-0.2, 0) is 9.47 Å². The lowest BCUT2D eigenvalue weighted by atomic mass is 9.97. The molecule has 1 aromatic rings. The number of hydrogen-bond acceptors (Lipinski definition) is 6. The summed E-state index contributed by atoms with van der Waals surface area (Å²) < 4.78 is 24.7. The standard InChI is InChI=1S/C17H23FN4O5/c18-14-2-1-13(22(24)25)9-15(14)20-17(23)19-10-16(12-3-6-27-11-12)21-4-7-26-8-5-21/h1-2,9,12,16H,3-8,10-11H2,(H2,19,20,23)/t12-,16+/m0/s1. The second-order valence-electron chi connectivity index (χ2n) is 6.60. The van der Waals surface area contributed by atoms with Gasteiger partial charge in [-0.05, 0) is 12.5 Å². The maximum Gasteiger partial charge on any atom is 0.319 e. The fraction of sp³-hybridized carbons (Fsp3) is 0.588. The molecule has 0 aromatic heterocycles. The Labute approximate surface area is 156 Å². The molecule has 148 valence electrons. The highest BCUT2D eigenvalue weighted by molar-refractivity contribution is 5.89. The average Bonchev–Trinajstić information content (AvgIpc) is 3.19. The predicted molar refractivity (Wildman–Crippen MR) is 95.2 cm³/mol. The van der Waals surface area contributed by atoms with Gasteiger partial charge in [-0.3, -0.25) is 15.0 Å². The number of nitro benzene ring substituents is 1. The molecule has 2 amide bonds. The van der Waals surface area contributed by atoms with Gasteiger partial charge in [-0.15, -0.1) is 0 Å². The van der Waals surface area contributed by atoms with Crippen molar-refractivity contribution < 1.29 is 23.6 Å². The Morgan fingerprint density at radius 1 is 1.33 bits per heavy atom. The smallest absolute Gasteiger partial charge is 0.319 e. The Bertz CT molecular complexity index is 677. The largest absolute Gasteiger partial charge is 0.381 e. The Morgan fingerprint density at radius 2 is 2.11 bits per heavy atom. The zero-order valence-corrected chi connectivity index (χ0v) is 14.9. The molecule has 1 aromatic carbocycles. The molecule has 27 heavy (non-hydrogen) atoms. The van der Waals surface area contributed by atoms with Crippen molar-refractivity contribution in [2.75, 3.05) is 51.4 Å². The van der Waals surface area contributed by atoms with Crippen molar-refractivity contribution in [1.82, 2.24) is 10.2 Å². The van der Waals surface area contributed by atoms with Gasteiger partial charge in [0, 0.05) is 50.3 Å². The van der Waals surface area contributed by atoms with E-state index in [1.165, 1.54) is 0 Å². The molecule has 0 unspecified atom stereocenters. The summed E-state index contributed by atoms with van der Waals surface area (Å²) in [5, 5.41) is 15.9. The van der Waals surface area contributed by atoms with E-state index in [0.717, 1.165) is 37.7 Å². The van der Waals surface area contributed by atoms with Crippen LogP contribution in [0.5, 0.6) is 0 Å². The number of rotatable bonds is 6. The number of non-ortho nitro benzene ring substituents is 1. The predicted octanol–water partition coefficient (Wildman–Crippen LogP) is 1.59. The monoisotopic (exact) mass is 382 g/mol. The number of amides is 2. The summed E-state index contributed by atoms with van der Waals surface area (Å²) in [6.45, 7) is 4.58. The number of morpholine rings is 1. The van der Waals surface area contributed by atoms with Crippen molar-refractivity contribution >= 4 is 17.4 Å². The number of ether oxygens (including phenoxy) is 2. The molecule has 0 radical (unpaired) electrons. The molecule has 2 atom stereocenters. The minimum Gasteiger partial charge on any atom is -0.381 e. The molecule has 0 bridgehead atoms. The highest BCUT2D eigenvalue weighted by Crippen LogP contribution is 2.23. The Morgan fingerprint density at radius 3 is 2.78 bits per heavy atom. The topological polar surface area (TPSA) is 106 Å². The van der Waals surface area contributed by atoms with Gasteiger partial charge in [0.1, 0.15) is 5.82 Å². The molecule has 3 rings (SSSR count). The van der Waals surface area contributed by atoms with Gasteiger partial charge >= 0.3 is 6.03 Å². The number of anilines is 1. The van der Waals surface area contributed by atoms with Gasteiger partial charge in [-0.2, -0.15) is 0 Å². The normalized spacial score (nSPS) is 21.6.